The van der Waals surface area contributed by atoms with E-state index in [1.54, 1.807) is 7.11 Å². The van der Waals surface area contributed by atoms with Gasteiger partial charge in [-0.3, -0.25) is 4.79 Å². The van der Waals surface area contributed by atoms with Gasteiger partial charge in [-0.15, -0.1) is 0 Å². The summed E-state index contributed by atoms with van der Waals surface area (Å²) in [5, 5.41) is 4.10. The maximum atomic E-state index is 12.9. The molecule has 0 spiro atoms. The standard InChI is InChI=1S/C24H27N3O3/c1-29-21-12-6-11-20(17-21)23-25-22(30-26-23)14-16-27(24(28)19-9-5-10-19)15-13-18-7-3-2-4-8-18/h2-4,6-8,11-12,17,19H,5,9-10,13-16H2,1H3. The van der Waals surface area contributed by atoms with Crippen molar-refractivity contribution >= 4 is 5.91 Å². The molecule has 0 unspecified atom stereocenters. The van der Waals surface area contributed by atoms with Crippen LogP contribution in [0.3, 0.4) is 0 Å². The summed E-state index contributed by atoms with van der Waals surface area (Å²) in [5.74, 6) is 2.25. The Labute approximate surface area is 176 Å². The number of hydrogen-bond donors (Lipinski definition) is 0. The predicted molar refractivity (Wildman–Crippen MR) is 114 cm³/mol. The number of hydrogen-bond acceptors (Lipinski definition) is 5. The molecule has 6 heteroatoms. The molecule has 30 heavy (non-hydrogen) atoms. The van der Waals surface area contributed by atoms with E-state index in [2.05, 4.69) is 22.3 Å². The summed E-state index contributed by atoms with van der Waals surface area (Å²) in [6.07, 6.45) is 4.54. The van der Waals surface area contributed by atoms with Crippen LogP contribution in [0, 0.1) is 5.92 Å². The summed E-state index contributed by atoms with van der Waals surface area (Å²) in [7, 11) is 1.63. The number of amides is 1. The monoisotopic (exact) mass is 405 g/mol. The van der Waals surface area contributed by atoms with Gasteiger partial charge in [-0.2, -0.15) is 4.98 Å². The Bertz CT molecular complexity index is 967. The lowest BCUT2D eigenvalue weighted by molar-refractivity contribution is -0.138. The number of aromatic nitrogens is 2. The molecule has 0 N–H and O–H groups in total. The first-order valence-electron chi connectivity index (χ1n) is 10.5. The van der Waals surface area contributed by atoms with Gasteiger partial charge < -0.3 is 14.2 Å². The van der Waals surface area contributed by atoms with E-state index in [1.165, 1.54) is 5.56 Å². The highest BCUT2D eigenvalue weighted by Gasteiger charge is 2.29. The third-order valence-corrected chi connectivity index (χ3v) is 5.67. The van der Waals surface area contributed by atoms with Gasteiger partial charge in [0.05, 0.1) is 7.11 Å². The van der Waals surface area contributed by atoms with Gasteiger partial charge in [-0.1, -0.05) is 54.0 Å². The lowest BCUT2D eigenvalue weighted by Crippen LogP contribution is -2.41. The topological polar surface area (TPSA) is 68.5 Å². The van der Waals surface area contributed by atoms with E-state index >= 15 is 0 Å². The lowest BCUT2D eigenvalue weighted by Gasteiger charge is -2.31. The van der Waals surface area contributed by atoms with E-state index in [4.69, 9.17) is 9.26 Å². The van der Waals surface area contributed by atoms with Crippen LogP contribution in [-0.4, -0.2) is 41.1 Å². The third kappa shape index (κ3) is 4.87. The summed E-state index contributed by atoms with van der Waals surface area (Å²) in [5.41, 5.74) is 2.08. The van der Waals surface area contributed by atoms with Crippen LogP contribution < -0.4 is 4.74 Å². The van der Waals surface area contributed by atoms with Gasteiger partial charge >= 0.3 is 0 Å². The molecule has 1 heterocycles. The molecular weight excluding hydrogens is 378 g/mol. The third-order valence-electron chi connectivity index (χ3n) is 5.67. The van der Waals surface area contributed by atoms with Crippen molar-refractivity contribution in [2.75, 3.05) is 20.2 Å². The van der Waals surface area contributed by atoms with Gasteiger partial charge in [0.2, 0.25) is 17.6 Å². The molecule has 1 aromatic heterocycles. The maximum absolute atomic E-state index is 12.9. The highest BCUT2D eigenvalue weighted by molar-refractivity contribution is 5.79. The molecule has 2 aromatic carbocycles. The molecule has 1 saturated carbocycles. The Morgan fingerprint density at radius 3 is 2.63 bits per heavy atom. The van der Waals surface area contributed by atoms with Crippen molar-refractivity contribution < 1.29 is 14.1 Å². The van der Waals surface area contributed by atoms with Crippen molar-refractivity contribution in [2.45, 2.75) is 32.1 Å². The zero-order valence-corrected chi connectivity index (χ0v) is 17.3. The van der Waals surface area contributed by atoms with Gasteiger partial charge in [-0.25, -0.2) is 0 Å². The molecule has 1 aliphatic rings. The number of carbonyl (C=O) groups is 1. The van der Waals surface area contributed by atoms with Crippen LogP contribution in [0.1, 0.15) is 30.7 Å². The quantitative estimate of drug-likeness (QED) is 0.535. The second-order valence-corrected chi connectivity index (χ2v) is 7.68. The minimum Gasteiger partial charge on any atom is -0.497 e. The first kappa shape index (κ1) is 20.1. The molecule has 0 radical (unpaired) electrons. The minimum atomic E-state index is 0.177. The van der Waals surface area contributed by atoms with Gasteiger partial charge in [0.15, 0.2) is 0 Å². The molecule has 1 fully saturated rings. The average molecular weight is 405 g/mol. The molecule has 0 atom stereocenters. The van der Waals surface area contributed by atoms with Crippen LogP contribution in [0.4, 0.5) is 0 Å². The number of methoxy groups -OCH3 is 1. The van der Waals surface area contributed by atoms with Gasteiger partial charge in [-0.05, 0) is 37.0 Å². The van der Waals surface area contributed by atoms with Crippen LogP contribution in [0.2, 0.25) is 0 Å². The summed E-state index contributed by atoms with van der Waals surface area (Å²) >= 11 is 0. The molecule has 0 saturated heterocycles. The predicted octanol–water partition coefficient (Wildman–Crippen LogP) is 4.16. The van der Waals surface area contributed by atoms with Crippen molar-refractivity contribution in [3.63, 3.8) is 0 Å². The summed E-state index contributed by atoms with van der Waals surface area (Å²) in [6, 6.07) is 17.8. The summed E-state index contributed by atoms with van der Waals surface area (Å²) in [6.45, 7) is 1.29. The summed E-state index contributed by atoms with van der Waals surface area (Å²) in [4.78, 5) is 19.4. The normalized spacial score (nSPS) is 13.6. The molecular formula is C24H27N3O3. The van der Waals surface area contributed by atoms with Crippen molar-refractivity contribution in [3.05, 3.63) is 66.1 Å². The van der Waals surface area contributed by atoms with Crippen molar-refractivity contribution in [1.82, 2.24) is 15.0 Å². The number of rotatable bonds is 9. The first-order valence-corrected chi connectivity index (χ1v) is 10.5. The zero-order chi connectivity index (χ0) is 20.8. The Hall–Kier alpha value is -3.15. The maximum Gasteiger partial charge on any atom is 0.228 e. The van der Waals surface area contributed by atoms with Crippen LogP contribution in [0.15, 0.2) is 59.1 Å². The highest BCUT2D eigenvalue weighted by Crippen LogP contribution is 2.28. The van der Waals surface area contributed by atoms with Gasteiger partial charge in [0.1, 0.15) is 5.75 Å². The second-order valence-electron chi connectivity index (χ2n) is 7.68. The molecule has 0 aliphatic heterocycles. The van der Waals surface area contributed by atoms with Crippen LogP contribution in [-0.2, 0) is 17.6 Å². The van der Waals surface area contributed by atoms with E-state index in [0.29, 0.717) is 31.2 Å². The largest absolute Gasteiger partial charge is 0.497 e. The van der Waals surface area contributed by atoms with Crippen molar-refractivity contribution in [3.8, 4) is 17.1 Å². The Morgan fingerprint density at radius 1 is 1.10 bits per heavy atom. The molecule has 0 bridgehead atoms. The van der Waals surface area contributed by atoms with E-state index in [0.717, 1.165) is 37.0 Å². The molecule has 4 rings (SSSR count). The van der Waals surface area contributed by atoms with Crippen LogP contribution >= 0.6 is 0 Å². The Balaban J connectivity index is 1.40. The van der Waals surface area contributed by atoms with Crippen LogP contribution in [0.5, 0.6) is 5.75 Å². The molecule has 6 nitrogen and oxygen atoms in total. The minimum absolute atomic E-state index is 0.177. The molecule has 1 amide bonds. The molecule has 1 aliphatic carbocycles. The number of nitrogens with zero attached hydrogens (tertiary/aromatic N) is 3. The molecule has 156 valence electrons. The Morgan fingerprint density at radius 2 is 1.90 bits per heavy atom. The van der Waals surface area contributed by atoms with E-state index < -0.39 is 0 Å². The SMILES string of the molecule is COc1cccc(-c2noc(CCN(CCc3ccccc3)C(=O)C3CCC3)n2)c1. The second kappa shape index (κ2) is 9.57. The highest BCUT2D eigenvalue weighted by atomic mass is 16.5. The van der Waals surface area contributed by atoms with Gasteiger partial charge in [0.25, 0.3) is 0 Å². The molecule has 3 aromatic rings. The number of ether oxygens (including phenoxy) is 1. The average Bonchev–Trinajstić information content (AvgIpc) is 3.22. The van der Waals surface area contributed by atoms with Gasteiger partial charge in [0, 0.05) is 31.0 Å². The lowest BCUT2D eigenvalue weighted by atomic mass is 9.84. The summed E-state index contributed by atoms with van der Waals surface area (Å²) < 4.78 is 10.7. The smallest absolute Gasteiger partial charge is 0.228 e. The van der Waals surface area contributed by atoms with E-state index in [-0.39, 0.29) is 11.8 Å². The van der Waals surface area contributed by atoms with Crippen LogP contribution in [0.25, 0.3) is 11.4 Å². The van der Waals surface area contributed by atoms with E-state index in [1.807, 2.05) is 47.4 Å². The zero-order valence-electron chi connectivity index (χ0n) is 17.3. The number of benzene rings is 2. The van der Waals surface area contributed by atoms with Crippen molar-refractivity contribution in [2.24, 2.45) is 5.92 Å². The fraction of sp³-hybridized carbons (Fsp3) is 0.375. The fourth-order valence-electron chi connectivity index (χ4n) is 3.62. The number of carbonyl (C=O) groups excluding carboxylic acids is 1. The van der Waals surface area contributed by atoms with Crippen molar-refractivity contribution in [1.29, 1.82) is 0 Å². The fourth-order valence-corrected chi connectivity index (χ4v) is 3.62. The first-order chi connectivity index (χ1) is 14.7. The van der Waals surface area contributed by atoms with E-state index in [9.17, 15) is 4.79 Å². The Kier molecular flexibility index (Phi) is 6.42.